The molecule has 0 radical (unpaired) electrons. The number of nitrogens with zero attached hydrogens (tertiary/aromatic N) is 4. The summed E-state index contributed by atoms with van der Waals surface area (Å²) in [6.07, 6.45) is 1.86. The van der Waals surface area contributed by atoms with E-state index in [2.05, 4.69) is 103 Å². The smallest absolute Gasteiger partial charge is 0.170 e. The van der Waals surface area contributed by atoms with E-state index in [9.17, 15) is 0 Å². The summed E-state index contributed by atoms with van der Waals surface area (Å²) < 4.78 is 2.35. The molecule has 0 amide bonds. The van der Waals surface area contributed by atoms with Crippen molar-refractivity contribution in [3.05, 3.63) is 77.4 Å². The predicted molar refractivity (Wildman–Crippen MR) is 137 cm³/mol. The Balaban J connectivity index is 1.80. The van der Waals surface area contributed by atoms with E-state index in [1.165, 1.54) is 28.3 Å². The Labute approximate surface area is 197 Å². The van der Waals surface area contributed by atoms with E-state index < -0.39 is 0 Å². The molecule has 0 saturated carbocycles. The summed E-state index contributed by atoms with van der Waals surface area (Å²) >= 11 is 5.80. The van der Waals surface area contributed by atoms with Crippen molar-refractivity contribution in [1.29, 1.82) is 0 Å². The van der Waals surface area contributed by atoms with E-state index in [0.29, 0.717) is 5.92 Å². The number of benzene rings is 1. The largest absolute Gasteiger partial charge is 0.378 e. The number of rotatable bonds is 6. The van der Waals surface area contributed by atoms with Crippen LogP contribution in [0.15, 0.2) is 54.7 Å². The highest BCUT2D eigenvalue weighted by molar-refractivity contribution is 7.80. The quantitative estimate of drug-likeness (QED) is 0.527. The Kier molecular flexibility index (Phi) is 6.24. The Morgan fingerprint density at radius 3 is 2.41 bits per heavy atom. The Morgan fingerprint density at radius 2 is 1.81 bits per heavy atom. The minimum Gasteiger partial charge on any atom is -0.378 e. The molecule has 32 heavy (non-hydrogen) atoms. The van der Waals surface area contributed by atoms with Gasteiger partial charge in [0.05, 0.1) is 17.8 Å². The van der Waals surface area contributed by atoms with Gasteiger partial charge >= 0.3 is 0 Å². The third-order valence-corrected chi connectivity index (χ3v) is 6.53. The van der Waals surface area contributed by atoms with Crippen LogP contribution in [0.25, 0.3) is 5.69 Å². The van der Waals surface area contributed by atoms with Gasteiger partial charge in [-0.2, -0.15) is 0 Å². The van der Waals surface area contributed by atoms with Crippen LogP contribution >= 0.6 is 12.2 Å². The summed E-state index contributed by atoms with van der Waals surface area (Å²) in [5.74, 6) is 0.502. The number of thiocarbonyl (C=S) groups is 1. The number of aromatic nitrogens is 2. The lowest BCUT2D eigenvalue weighted by Gasteiger charge is -2.29. The van der Waals surface area contributed by atoms with Crippen LogP contribution in [-0.2, 0) is 0 Å². The lowest BCUT2D eigenvalue weighted by molar-refractivity contribution is 0.287. The Hall–Kier alpha value is -2.86. The molecule has 3 heterocycles. The maximum absolute atomic E-state index is 5.80. The second kappa shape index (κ2) is 8.94. The average Bonchev–Trinajstić information content (AvgIpc) is 3.23. The van der Waals surface area contributed by atoms with Gasteiger partial charge in [-0.05, 0) is 80.0 Å². The minimum absolute atomic E-state index is 0.0208. The van der Waals surface area contributed by atoms with Crippen LogP contribution in [0.4, 0.5) is 5.69 Å². The van der Waals surface area contributed by atoms with E-state index >= 15 is 0 Å². The van der Waals surface area contributed by atoms with Crippen molar-refractivity contribution < 1.29 is 0 Å². The molecule has 0 bridgehead atoms. The van der Waals surface area contributed by atoms with Gasteiger partial charge in [0.1, 0.15) is 0 Å². The summed E-state index contributed by atoms with van der Waals surface area (Å²) in [6.45, 7) is 9.78. The van der Waals surface area contributed by atoms with Crippen molar-refractivity contribution in [2.24, 2.45) is 5.92 Å². The van der Waals surface area contributed by atoms with E-state index in [1.807, 2.05) is 18.3 Å². The second-order valence-corrected chi connectivity index (χ2v) is 9.63. The number of anilines is 1. The number of pyridine rings is 1. The predicted octanol–water partition coefficient (Wildman–Crippen LogP) is 5.18. The lowest BCUT2D eigenvalue weighted by atomic mass is 9.96. The molecular formula is C26H33N5S. The standard InChI is InChI=1S/C26H33N5S/c1-17(2)16-30-25(24(28-26(30)32)23-9-7-8-14-27-23)22-15-18(3)31(19(22)4)21-12-10-20(11-13-21)29(5)6/h7-15,17,24-25H,16H2,1-6H3,(H,28,32)/t24-,25+/m1/s1. The molecule has 1 N–H and O–H groups in total. The molecular weight excluding hydrogens is 414 g/mol. The van der Waals surface area contributed by atoms with E-state index in [0.717, 1.165) is 17.4 Å². The van der Waals surface area contributed by atoms with Crippen LogP contribution < -0.4 is 10.2 Å². The molecule has 1 fully saturated rings. The fourth-order valence-corrected chi connectivity index (χ4v) is 5.03. The number of hydrogen-bond donors (Lipinski definition) is 1. The second-order valence-electron chi connectivity index (χ2n) is 9.25. The molecule has 1 saturated heterocycles. The first-order valence-corrected chi connectivity index (χ1v) is 11.6. The van der Waals surface area contributed by atoms with Gasteiger partial charge in [-0.1, -0.05) is 19.9 Å². The molecule has 1 aromatic carbocycles. The fraction of sp³-hybridized carbons (Fsp3) is 0.385. The minimum atomic E-state index is 0.0208. The molecule has 3 aromatic rings. The molecule has 168 valence electrons. The number of aryl methyl sites for hydroxylation is 1. The highest BCUT2D eigenvalue weighted by Gasteiger charge is 2.41. The zero-order chi connectivity index (χ0) is 23.0. The van der Waals surface area contributed by atoms with Crippen LogP contribution in [0, 0.1) is 19.8 Å². The van der Waals surface area contributed by atoms with Crippen molar-refractivity contribution in [3.8, 4) is 5.69 Å². The van der Waals surface area contributed by atoms with Crippen LogP contribution in [0.5, 0.6) is 0 Å². The highest BCUT2D eigenvalue weighted by Crippen LogP contribution is 2.41. The SMILES string of the molecule is Cc1cc([C@H]2[C@@H](c3ccccn3)NC(=S)N2CC(C)C)c(C)n1-c1ccc(N(C)C)cc1. The number of hydrogen-bond acceptors (Lipinski definition) is 3. The van der Waals surface area contributed by atoms with Gasteiger partial charge in [0.25, 0.3) is 0 Å². The maximum Gasteiger partial charge on any atom is 0.170 e. The maximum atomic E-state index is 5.80. The van der Waals surface area contributed by atoms with E-state index in [4.69, 9.17) is 12.2 Å². The van der Waals surface area contributed by atoms with Crippen molar-refractivity contribution in [2.45, 2.75) is 39.8 Å². The van der Waals surface area contributed by atoms with Crippen LogP contribution in [0.1, 0.15) is 48.6 Å². The molecule has 0 spiro atoms. The normalized spacial score (nSPS) is 18.3. The van der Waals surface area contributed by atoms with Gasteiger partial charge in [-0.25, -0.2) is 0 Å². The molecule has 1 aliphatic heterocycles. The zero-order valence-corrected chi connectivity index (χ0v) is 20.6. The number of nitrogens with one attached hydrogen (secondary N) is 1. The van der Waals surface area contributed by atoms with Gasteiger partial charge < -0.3 is 19.7 Å². The molecule has 1 aliphatic rings. The van der Waals surface area contributed by atoms with Crippen molar-refractivity contribution in [3.63, 3.8) is 0 Å². The van der Waals surface area contributed by atoms with Crippen LogP contribution in [0.2, 0.25) is 0 Å². The summed E-state index contributed by atoms with van der Waals surface area (Å²) in [7, 11) is 4.13. The van der Waals surface area contributed by atoms with E-state index in [1.54, 1.807) is 0 Å². The molecule has 0 aliphatic carbocycles. The first kappa shape index (κ1) is 22.3. The van der Waals surface area contributed by atoms with Crippen molar-refractivity contribution in [2.75, 3.05) is 25.5 Å². The summed E-state index contributed by atoms with van der Waals surface area (Å²) in [5.41, 5.74) is 7.15. The fourth-order valence-electron chi connectivity index (χ4n) is 4.72. The molecule has 2 aromatic heterocycles. The molecule has 5 nitrogen and oxygen atoms in total. The molecule has 6 heteroatoms. The van der Waals surface area contributed by atoms with Crippen molar-refractivity contribution in [1.82, 2.24) is 19.8 Å². The third kappa shape index (κ3) is 4.11. The molecule has 0 unspecified atom stereocenters. The van der Waals surface area contributed by atoms with Gasteiger partial charge in [-0.3, -0.25) is 4.98 Å². The third-order valence-electron chi connectivity index (χ3n) is 6.17. The lowest BCUT2D eigenvalue weighted by Crippen LogP contribution is -2.33. The van der Waals surface area contributed by atoms with Crippen LogP contribution in [-0.4, -0.2) is 40.2 Å². The molecule has 4 rings (SSSR count). The Bertz CT molecular complexity index is 1090. The van der Waals surface area contributed by atoms with E-state index in [-0.39, 0.29) is 12.1 Å². The topological polar surface area (TPSA) is 36.3 Å². The van der Waals surface area contributed by atoms with Gasteiger partial charge in [0, 0.05) is 49.6 Å². The summed E-state index contributed by atoms with van der Waals surface area (Å²) in [6, 6.07) is 17.3. The monoisotopic (exact) mass is 447 g/mol. The molecule has 2 atom stereocenters. The first-order chi connectivity index (χ1) is 15.3. The average molecular weight is 448 g/mol. The van der Waals surface area contributed by atoms with Crippen LogP contribution in [0.3, 0.4) is 0 Å². The van der Waals surface area contributed by atoms with Crippen molar-refractivity contribution >= 4 is 23.0 Å². The summed E-state index contributed by atoms with van der Waals surface area (Å²) in [5, 5.41) is 4.38. The highest BCUT2D eigenvalue weighted by atomic mass is 32.1. The zero-order valence-electron chi connectivity index (χ0n) is 19.8. The van der Waals surface area contributed by atoms with Gasteiger partial charge in [0.15, 0.2) is 5.11 Å². The Morgan fingerprint density at radius 1 is 1.09 bits per heavy atom. The first-order valence-electron chi connectivity index (χ1n) is 11.2. The van der Waals surface area contributed by atoms with Gasteiger partial charge in [0.2, 0.25) is 0 Å². The van der Waals surface area contributed by atoms with Gasteiger partial charge in [-0.15, -0.1) is 0 Å². The summed E-state index contributed by atoms with van der Waals surface area (Å²) in [4.78, 5) is 9.14.